The van der Waals surface area contributed by atoms with E-state index < -0.39 is 5.54 Å². The average Bonchev–Trinajstić information content (AvgIpc) is 3.43. The number of cyclic esters (lactones) is 1. The SMILES string of the molecule is O=C(c1ccc(-n2ccnc2)cc1)N1CCN2C(=O)OCC2(Cc2ccccc2)C1. The summed E-state index contributed by atoms with van der Waals surface area (Å²) in [4.78, 5) is 33.2. The number of imidazole rings is 1. The molecule has 2 aliphatic heterocycles. The number of fused-ring (bicyclic) bond motifs is 1. The maximum Gasteiger partial charge on any atom is 0.410 e. The van der Waals surface area contributed by atoms with Gasteiger partial charge in [-0.3, -0.25) is 9.69 Å². The highest BCUT2D eigenvalue weighted by molar-refractivity contribution is 5.94. The quantitative estimate of drug-likeness (QED) is 0.673. The standard InChI is InChI=1S/C23H22N4O3/c28-21(19-6-8-20(9-7-19)26-11-10-24-17-26)25-12-13-27-22(29)30-16-23(27,15-25)14-18-4-2-1-3-5-18/h1-11,17H,12-16H2. The summed E-state index contributed by atoms with van der Waals surface area (Å²) in [5, 5.41) is 0. The molecule has 1 aromatic heterocycles. The highest BCUT2D eigenvalue weighted by Crippen LogP contribution is 2.33. The van der Waals surface area contributed by atoms with E-state index in [0.29, 0.717) is 38.2 Å². The Kier molecular flexibility index (Phi) is 4.50. The lowest BCUT2D eigenvalue weighted by molar-refractivity contribution is 0.0375. The molecule has 0 saturated carbocycles. The molecule has 0 spiro atoms. The monoisotopic (exact) mass is 402 g/mol. The lowest BCUT2D eigenvalue weighted by Crippen LogP contribution is -2.63. The Morgan fingerprint density at radius 3 is 2.60 bits per heavy atom. The number of hydrogen-bond donors (Lipinski definition) is 0. The van der Waals surface area contributed by atoms with Gasteiger partial charge in [0.2, 0.25) is 0 Å². The first kappa shape index (κ1) is 18.4. The van der Waals surface area contributed by atoms with Gasteiger partial charge in [0.25, 0.3) is 5.91 Å². The van der Waals surface area contributed by atoms with Crippen LogP contribution in [-0.4, -0.2) is 63.1 Å². The van der Waals surface area contributed by atoms with Crippen LogP contribution in [0.5, 0.6) is 0 Å². The molecular weight excluding hydrogens is 380 g/mol. The number of hydrogen-bond acceptors (Lipinski definition) is 4. The van der Waals surface area contributed by atoms with Crippen molar-refractivity contribution in [2.45, 2.75) is 12.0 Å². The molecular formula is C23H22N4O3. The summed E-state index contributed by atoms with van der Waals surface area (Å²) in [6.07, 6.45) is 5.67. The third-order valence-corrected chi connectivity index (χ3v) is 5.92. The summed E-state index contributed by atoms with van der Waals surface area (Å²) < 4.78 is 7.30. The number of rotatable bonds is 4. The molecule has 152 valence electrons. The minimum absolute atomic E-state index is 0.0291. The van der Waals surface area contributed by atoms with Crippen LogP contribution >= 0.6 is 0 Å². The Bertz CT molecular complexity index is 1050. The average molecular weight is 402 g/mol. The molecule has 0 bridgehead atoms. The van der Waals surface area contributed by atoms with Crippen molar-refractivity contribution < 1.29 is 14.3 Å². The third-order valence-electron chi connectivity index (χ3n) is 5.92. The fraction of sp³-hybridized carbons (Fsp3) is 0.261. The van der Waals surface area contributed by atoms with Crippen LogP contribution in [0.4, 0.5) is 4.79 Å². The Morgan fingerprint density at radius 1 is 1.07 bits per heavy atom. The lowest BCUT2D eigenvalue weighted by atomic mass is 9.88. The number of aromatic nitrogens is 2. The van der Waals surface area contributed by atoms with Gasteiger partial charge in [0.05, 0.1) is 6.33 Å². The Balaban J connectivity index is 1.37. The van der Waals surface area contributed by atoms with Crippen molar-refractivity contribution in [3.05, 3.63) is 84.4 Å². The number of amides is 2. The second-order valence-electron chi connectivity index (χ2n) is 7.84. The lowest BCUT2D eigenvalue weighted by Gasteiger charge is -2.44. The Hall–Kier alpha value is -3.61. The Labute approximate surface area is 174 Å². The van der Waals surface area contributed by atoms with Gasteiger partial charge < -0.3 is 14.2 Å². The van der Waals surface area contributed by atoms with E-state index in [0.717, 1.165) is 11.3 Å². The number of carbonyl (C=O) groups excluding carboxylic acids is 2. The van der Waals surface area contributed by atoms with Crippen molar-refractivity contribution in [3.63, 3.8) is 0 Å². The molecule has 3 heterocycles. The first-order chi connectivity index (χ1) is 14.6. The van der Waals surface area contributed by atoms with E-state index in [1.165, 1.54) is 0 Å². The van der Waals surface area contributed by atoms with E-state index in [2.05, 4.69) is 4.98 Å². The van der Waals surface area contributed by atoms with Crippen LogP contribution in [0.2, 0.25) is 0 Å². The zero-order chi connectivity index (χ0) is 20.6. The smallest absolute Gasteiger partial charge is 0.410 e. The summed E-state index contributed by atoms with van der Waals surface area (Å²) in [6, 6.07) is 17.5. The third kappa shape index (κ3) is 3.22. The molecule has 0 radical (unpaired) electrons. The molecule has 0 aliphatic carbocycles. The molecule has 2 saturated heterocycles. The first-order valence-electron chi connectivity index (χ1n) is 10.0. The summed E-state index contributed by atoms with van der Waals surface area (Å²) in [6.45, 7) is 1.72. The predicted octanol–water partition coefficient (Wildman–Crippen LogP) is 2.76. The molecule has 2 aromatic carbocycles. The van der Waals surface area contributed by atoms with E-state index in [-0.39, 0.29) is 12.0 Å². The van der Waals surface area contributed by atoms with Crippen molar-refractivity contribution in [1.29, 1.82) is 0 Å². The fourth-order valence-electron chi connectivity index (χ4n) is 4.38. The van der Waals surface area contributed by atoms with E-state index in [9.17, 15) is 9.59 Å². The maximum atomic E-state index is 13.2. The molecule has 3 aromatic rings. The van der Waals surface area contributed by atoms with Gasteiger partial charge in [0, 0.05) is 49.7 Å². The number of benzene rings is 2. The van der Waals surface area contributed by atoms with Crippen LogP contribution in [0.15, 0.2) is 73.3 Å². The van der Waals surface area contributed by atoms with Gasteiger partial charge in [0.1, 0.15) is 12.1 Å². The topological polar surface area (TPSA) is 67.7 Å². The first-order valence-corrected chi connectivity index (χ1v) is 10.0. The van der Waals surface area contributed by atoms with Crippen molar-refractivity contribution in [1.82, 2.24) is 19.4 Å². The van der Waals surface area contributed by atoms with Gasteiger partial charge in [0.15, 0.2) is 0 Å². The van der Waals surface area contributed by atoms with Crippen molar-refractivity contribution >= 4 is 12.0 Å². The molecule has 2 amide bonds. The van der Waals surface area contributed by atoms with Gasteiger partial charge in [-0.1, -0.05) is 30.3 Å². The van der Waals surface area contributed by atoms with Gasteiger partial charge in [-0.05, 0) is 29.8 Å². The summed E-state index contributed by atoms with van der Waals surface area (Å²) in [5.41, 5.74) is 2.18. The Morgan fingerprint density at radius 2 is 1.87 bits per heavy atom. The van der Waals surface area contributed by atoms with E-state index in [1.807, 2.05) is 70.3 Å². The predicted molar refractivity (Wildman–Crippen MR) is 110 cm³/mol. The summed E-state index contributed by atoms with van der Waals surface area (Å²) in [7, 11) is 0. The highest BCUT2D eigenvalue weighted by atomic mass is 16.6. The van der Waals surface area contributed by atoms with E-state index in [1.54, 1.807) is 17.4 Å². The number of piperazine rings is 1. The molecule has 30 heavy (non-hydrogen) atoms. The van der Waals surface area contributed by atoms with Gasteiger partial charge >= 0.3 is 6.09 Å². The minimum atomic E-state index is -0.525. The molecule has 0 N–H and O–H groups in total. The number of carbonyl (C=O) groups is 2. The highest BCUT2D eigenvalue weighted by Gasteiger charge is 2.51. The minimum Gasteiger partial charge on any atom is -0.447 e. The van der Waals surface area contributed by atoms with E-state index >= 15 is 0 Å². The van der Waals surface area contributed by atoms with Gasteiger partial charge in [-0.2, -0.15) is 0 Å². The normalized spacial score (nSPS) is 20.7. The zero-order valence-electron chi connectivity index (χ0n) is 16.5. The second kappa shape index (κ2) is 7.33. The maximum absolute atomic E-state index is 13.2. The van der Waals surface area contributed by atoms with Crippen LogP contribution in [0.1, 0.15) is 15.9 Å². The van der Waals surface area contributed by atoms with E-state index in [4.69, 9.17) is 4.74 Å². The van der Waals surface area contributed by atoms with Gasteiger partial charge in [-0.15, -0.1) is 0 Å². The van der Waals surface area contributed by atoms with Crippen LogP contribution in [0, 0.1) is 0 Å². The van der Waals surface area contributed by atoms with Crippen molar-refractivity contribution in [3.8, 4) is 5.69 Å². The van der Waals surface area contributed by atoms with Crippen LogP contribution < -0.4 is 0 Å². The molecule has 2 fully saturated rings. The molecule has 5 rings (SSSR count). The van der Waals surface area contributed by atoms with Crippen molar-refractivity contribution in [2.75, 3.05) is 26.2 Å². The largest absolute Gasteiger partial charge is 0.447 e. The van der Waals surface area contributed by atoms with Crippen molar-refractivity contribution in [2.24, 2.45) is 0 Å². The molecule has 7 heteroatoms. The zero-order valence-corrected chi connectivity index (χ0v) is 16.5. The fourth-order valence-corrected chi connectivity index (χ4v) is 4.38. The molecule has 7 nitrogen and oxygen atoms in total. The van der Waals surface area contributed by atoms with Gasteiger partial charge in [-0.25, -0.2) is 9.78 Å². The number of ether oxygens (including phenoxy) is 1. The second-order valence-corrected chi connectivity index (χ2v) is 7.84. The molecule has 1 unspecified atom stereocenters. The summed E-state index contributed by atoms with van der Waals surface area (Å²) in [5.74, 6) is -0.0291. The van der Waals surface area contributed by atoms with Crippen LogP contribution in [0.25, 0.3) is 5.69 Å². The number of nitrogens with zero attached hydrogens (tertiary/aromatic N) is 4. The summed E-state index contributed by atoms with van der Waals surface area (Å²) >= 11 is 0. The van der Waals surface area contributed by atoms with Crippen LogP contribution in [-0.2, 0) is 11.2 Å². The molecule has 2 aliphatic rings. The molecule has 1 atom stereocenters. The van der Waals surface area contributed by atoms with Crippen LogP contribution in [0.3, 0.4) is 0 Å².